The van der Waals surface area contributed by atoms with Crippen molar-refractivity contribution in [1.82, 2.24) is 4.90 Å². The minimum atomic E-state index is -0.157. The summed E-state index contributed by atoms with van der Waals surface area (Å²) >= 11 is 6.38. The molecule has 4 rings (SSSR count). The maximum atomic E-state index is 13.2. The first-order valence-electron chi connectivity index (χ1n) is 10.5. The Morgan fingerprint density at radius 2 is 1.90 bits per heavy atom. The first-order valence-corrected chi connectivity index (χ1v) is 10.9. The lowest BCUT2D eigenvalue weighted by molar-refractivity contribution is -0.137. The molecule has 0 spiro atoms. The molecule has 6 heteroatoms. The number of nitrogens with zero attached hydrogens (tertiary/aromatic N) is 2. The molecule has 158 valence electrons. The number of benzene rings is 2. The van der Waals surface area contributed by atoms with Crippen molar-refractivity contribution in [1.29, 1.82) is 0 Å². The molecule has 1 aliphatic carbocycles. The van der Waals surface area contributed by atoms with Crippen molar-refractivity contribution in [2.75, 3.05) is 13.7 Å². The highest BCUT2D eigenvalue weighted by Crippen LogP contribution is 2.29. The van der Waals surface area contributed by atoms with Crippen LogP contribution in [0.5, 0.6) is 5.75 Å². The molecule has 5 nitrogen and oxygen atoms in total. The summed E-state index contributed by atoms with van der Waals surface area (Å²) in [5, 5.41) is 4.97. The molecule has 1 amide bonds. The highest BCUT2D eigenvalue weighted by Gasteiger charge is 2.31. The molecule has 30 heavy (non-hydrogen) atoms. The summed E-state index contributed by atoms with van der Waals surface area (Å²) in [5.74, 6) is 1.12. The second kappa shape index (κ2) is 9.52. The lowest BCUT2D eigenvalue weighted by Crippen LogP contribution is -2.40. The number of amides is 1. The van der Waals surface area contributed by atoms with Gasteiger partial charge in [0.1, 0.15) is 5.75 Å². The Kier molecular flexibility index (Phi) is 6.58. The molecule has 0 saturated heterocycles. The van der Waals surface area contributed by atoms with Gasteiger partial charge in [-0.15, -0.1) is 0 Å². The van der Waals surface area contributed by atoms with Crippen molar-refractivity contribution in [3.63, 3.8) is 0 Å². The standard InChI is InChI=1S/C24H27ClN2O3/c1-29-20-12-10-17(11-13-20)23-14-21(30-26-23)16-27(24(28)18-6-2-3-7-18)15-19-8-4-5-9-22(19)25/h4-5,8-13,18,21H,2-3,6-7,14-16H2,1H3/t21-/m1/s1. The van der Waals surface area contributed by atoms with E-state index in [9.17, 15) is 4.79 Å². The Balaban J connectivity index is 1.45. The van der Waals surface area contributed by atoms with E-state index in [2.05, 4.69) is 5.16 Å². The molecule has 2 aliphatic rings. The van der Waals surface area contributed by atoms with Crippen LogP contribution in [0.4, 0.5) is 0 Å². The van der Waals surface area contributed by atoms with E-state index in [1.165, 1.54) is 0 Å². The smallest absolute Gasteiger partial charge is 0.226 e. The van der Waals surface area contributed by atoms with Gasteiger partial charge >= 0.3 is 0 Å². The van der Waals surface area contributed by atoms with E-state index in [-0.39, 0.29) is 17.9 Å². The number of halogens is 1. The van der Waals surface area contributed by atoms with E-state index in [1.54, 1.807) is 7.11 Å². The SMILES string of the molecule is COc1ccc(C2=NO[C@@H](CN(Cc3ccccc3Cl)C(=O)C3CCCC3)C2)cc1. The molecule has 1 heterocycles. The van der Waals surface area contributed by atoms with Crippen LogP contribution in [0.15, 0.2) is 53.7 Å². The summed E-state index contributed by atoms with van der Waals surface area (Å²) < 4.78 is 5.22. The van der Waals surface area contributed by atoms with Gasteiger partial charge in [-0.1, -0.05) is 47.8 Å². The van der Waals surface area contributed by atoms with Crippen LogP contribution >= 0.6 is 11.6 Å². The molecule has 0 aromatic heterocycles. The van der Waals surface area contributed by atoms with E-state index in [0.29, 0.717) is 24.5 Å². The van der Waals surface area contributed by atoms with Crippen molar-refractivity contribution < 1.29 is 14.4 Å². The highest BCUT2D eigenvalue weighted by atomic mass is 35.5. The zero-order valence-electron chi connectivity index (χ0n) is 17.2. The van der Waals surface area contributed by atoms with E-state index < -0.39 is 0 Å². The van der Waals surface area contributed by atoms with Gasteiger partial charge in [-0.25, -0.2) is 0 Å². The van der Waals surface area contributed by atoms with Crippen LogP contribution < -0.4 is 4.74 Å². The first-order chi connectivity index (χ1) is 14.6. The Labute approximate surface area is 182 Å². The zero-order chi connectivity index (χ0) is 20.9. The minimum Gasteiger partial charge on any atom is -0.497 e. The van der Waals surface area contributed by atoms with Gasteiger partial charge in [-0.3, -0.25) is 4.79 Å². The molecule has 2 aromatic rings. The third-order valence-corrected chi connectivity index (χ3v) is 6.28. The Hall–Kier alpha value is -2.53. The Morgan fingerprint density at radius 3 is 2.60 bits per heavy atom. The number of carbonyl (C=O) groups excluding carboxylic acids is 1. The van der Waals surface area contributed by atoms with Crippen LogP contribution in [0.1, 0.15) is 43.2 Å². The number of carbonyl (C=O) groups is 1. The molecule has 1 atom stereocenters. The van der Waals surface area contributed by atoms with Gasteiger partial charge in [-0.05, 0) is 54.3 Å². The van der Waals surface area contributed by atoms with Crippen molar-refractivity contribution in [3.05, 3.63) is 64.7 Å². The third kappa shape index (κ3) is 4.78. The molecule has 1 aliphatic heterocycles. The van der Waals surface area contributed by atoms with Crippen LogP contribution in [0.2, 0.25) is 5.02 Å². The number of hydrogen-bond donors (Lipinski definition) is 0. The number of ether oxygens (including phenoxy) is 1. The molecule has 0 radical (unpaired) electrons. The minimum absolute atomic E-state index is 0.107. The van der Waals surface area contributed by atoms with E-state index in [1.807, 2.05) is 53.4 Å². The summed E-state index contributed by atoms with van der Waals surface area (Å²) in [6, 6.07) is 15.5. The van der Waals surface area contributed by atoms with E-state index in [4.69, 9.17) is 21.2 Å². The average molecular weight is 427 g/mol. The molecule has 1 fully saturated rings. The first kappa shape index (κ1) is 20.7. The molecular formula is C24H27ClN2O3. The predicted octanol–water partition coefficient (Wildman–Crippen LogP) is 5.06. The van der Waals surface area contributed by atoms with Gasteiger partial charge in [0.15, 0.2) is 6.10 Å². The van der Waals surface area contributed by atoms with Crippen LogP contribution in [-0.4, -0.2) is 36.3 Å². The van der Waals surface area contributed by atoms with Crippen LogP contribution in [0, 0.1) is 5.92 Å². The van der Waals surface area contributed by atoms with Gasteiger partial charge < -0.3 is 14.5 Å². The summed E-state index contributed by atoms with van der Waals surface area (Å²) in [6.07, 6.45) is 4.70. The van der Waals surface area contributed by atoms with Crippen molar-refractivity contribution in [3.8, 4) is 5.75 Å². The topological polar surface area (TPSA) is 51.1 Å². The van der Waals surface area contributed by atoms with Gasteiger partial charge in [0.2, 0.25) is 5.91 Å². The fourth-order valence-electron chi connectivity index (χ4n) is 4.22. The quantitative estimate of drug-likeness (QED) is 0.621. The van der Waals surface area contributed by atoms with Crippen molar-refractivity contribution in [2.24, 2.45) is 11.1 Å². The monoisotopic (exact) mass is 426 g/mol. The Morgan fingerprint density at radius 1 is 1.17 bits per heavy atom. The molecular weight excluding hydrogens is 400 g/mol. The second-order valence-corrected chi connectivity index (χ2v) is 8.40. The van der Waals surface area contributed by atoms with Gasteiger partial charge in [0.05, 0.1) is 19.4 Å². The fraction of sp³-hybridized carbons (Fsp3) is 0.417. The largest absolute Gasteiger partial charge is 0.497 e. The molecule has 2 aromatic carbocycles. The van der Waals surface area contributed by atoms with Crippen LogP contribution in [0.25, 0.3) is 0 Å². The van der Waals surface area contributed by atoms with Crippen molar-refractivity contribution >= 4 is 23.2 Å². The summed E-state index contributed by atoms with van der Waals surface area (Å²) in [5.41, 5.74) is 2.87. The lowest BCUT2D eigenvalue weighted by Gasteiger charge is -2.28. The number of hydrogen-bond acceptors (Lipinski definition) is 4. The molecule has 0 unspecified atom stereocenters. The normalized spacial score (nSPS) is 18.7. The zero-order valence-corrected chi connectivity index (χ0v) is 18.0. The van der Waals surface area contributed by atoms with Crippen LogP contribution in [0.3, 0.4) is 0 Å². The molecule has 0 N–H and O–H groups in total. The summed E-state index contributed by atoms with van der Waals surface area (Å²) in [6.45, 7) is 0.996. The second-order valence-electron chi connectivity index (χ2n) is 7.99. The number of oxime groups is 1. The van der Waals surface area contributed by atoms with Gasteiger partial charge in [0, 0.05) is 23.9 Å². The molecule has 0 bridgehead atoms. The number of methoxy groups -OCH3 is 1. The summed E-state index contributed by atoms with van der Waals surface area (Å²) in [4.78, 5) is 20.9. The van der Waals surface area contributed by atoms with Gasteiger partial charge in [-0.2, -0.15) is 0 Å². The fourth-order valence-corrected chi connectivity index (χ4v) is 4.42. The third-order valence-electron chi connectivity index (χ3n) is 5.92. The molecule has 1 saturated carbocycles. The van der Waals surface area contributed by atoms with Gasteiger partial charge in [0.25, 0.3) is 0 Å². The number of rotatable bonds is 7. The van der Waals surface area contributed by atoms with Crippen molar-refractivity contribution in [2.45, 2.75) is 44.8 Å². The van der Waals surface area contributed by atoms with E-state index >= 15 is 0 Å². The average Bonchev–Trinajstić information content (AvgIpc) is 3.47. The van der Waals surface area contributed by atoms with E-state index in [0.717, 1.165) is 48.3 Å². The maximum Gasteiger partial charge on any atom is 0.226 e. The summed E-state index contributed by atoms with van der Waals surface area (Å²) in [7, 11) is 1.65. The lowest BCUT2D eigenvalue weighted by atomic mass is 10.0. The van der Waals surface area contributed by atoms with Crippen LogP contribution in [-0.2, 0) is 16.2 Å². The highest BCUT2D eigenvalue weighted by molar-refractivity contribution is 6.31. The maximum absolute atomic E-state index is 13.2. The predicted molar refractivity (Wildman–Crippen MR) is 118 cm³/mol. The Bertz CT molecular complexity index is 907.